The third kappa shape index (κ3) is 4.49. The number of hydrogen-bond acceptors (Lipinski definition) is 4. The van der Waals surface area contributed by atoms with Crippen molar-refractivity contribution in [2.45, 2.75) is 4.90 Å². The van der Waals surface area contributed by atoms with E-state index < -0.39 is 32.4 Å². The first-order chi connectivity index (χ1) is 9.29. The number of carbonyl (C=O) groups is 1. The van der Waals surface area contributed by atoms with Gasteiger partial charge in [-0.2, -0.15) is 0 Å². The molecule has 21 heavy (non-hydrogen) atoms. The van der Waals surface area contributed by atoms with E-state index >= 15 is 0 Å². The zero-order chi connectivity index (χ0) is 14.9. The number of hydrogen-bond donors (Lipinski definition) is 0. The van der Waals surface area contributed by atoms with Crippen LogP contribution in [0.15, 0.2) is 47.4 Å². The second-order valence-electron chi connectivity index (χ2n) is 3.94. The van der Waals surface area contributed by atoms with Gasteiger partial charge in [0.2, 0.25) is 0 Å². The van der Waals surface area contributed by atoms with Gasteiger partial charge in [-0.3, -0.25) is 4.79 Å². The van der Waals surface area contributed by atoms with Gasteiger partial charge in [-0.15, -0.1) is 0 Å². The van der Waals surface area contributed by atoms with Gasteiger partial charge in [0.05, 0.1) is 4.90 Å². The Labute approximate surface area is 162 Å². The first-order valence-corrected chi connectivity index (χ1v) is 6.75. The number of halogens is 2. The maximum Gasteiger partial charge on any atom is 1.00 e. The summed E-state index contributed by atoms with van der Waals surface area (Å²) in [7, 11) is -4.94. The van der Waals surface area contributed by atoms with E-state index in [0.717, 1.165) is 18.2 Å². The Morgan fingerprint density at radius 3 is 2.14 bits per heavy atom. The minimum Gasteiger partial charge on any atom is -0.744 e. The summed E-state index contributed by atoms with van der Waals surface area (Å²) in [6.45, 7) is 0. The smallest absolute Gasteiger partial charge is 0.744 e. The number of benzene rings is 2. The van der Waals surface area contributed by atoms with E-state index in [2.05, 4.69) is 0 Å². The Balaban J connectivity index is 0.00000220. The molecule has 0 aliphatic carbocycles. The fraction of sp³-hybridized carbons (Fsp3) is 0. The Hall–Kier alpha value is -0.484. The van der Waals surface area contributed by atoms with Gasteiger partial charge >= 0.3 is 51.4 Å². The molecule has 2 aromatic rings. The molecule has 0 spiro atoms. The zero-order valence-electron chi connectivity index (χ0n) is 10.8. The minimum absolute atomic E-state index is 0. The second kappa shape index (κ2) is 7.19. The van der Waals surface area contributed by atoms with E-state index in [9.17, 15) is 26.5 Å². The molecule has 0 bridgehead atoms. The SMILES string of the molecule is O=C(c1cccc(F)c1)c1ccc(S(=O)(=O)[O-])c(F)c1.[K+]. The summed E-state index contributed by atoms with van der Waals surface area (Å²) < 4.78 is 58.7. The Morgan fingerprint density at radius 2 is 1.62 bits per heavy atom. The average molecular weight is 336 g/mol. The molecule has 0 radical (unpaired) electrons. The molecule has 4 nitrogen and oxygen atoms in total. The van der Waals surface area contributed by atoms with Crippen LogP contribution in [0.1, 0.15) is 15.9 Å². The summed E-state index contributed by atoms with van der Waals surface area (Å²) in [4.78, 5) is 10.9. The molecule has 0 heterocycles. The van der Waals surface area contributed by atoms with E-state index in [1.54, 1.807) is 0 Å². The van der Waals surface area contributed by atoms with Gasteiger partial charge in [-0.1, -0.05) is 12.1 Å². The van der Waals surface area contributed by atoms with Crippen molar-refractivity contribution in [3.63, 3.8) is 0 Å². The third-order valence-corrected chi connectivity index (χ3v) is 3.42. The summed E-state index contributed by atoms with van der Waals surface area (Å²) in [5, 5.41) is 0. The fourth-order valence-corrected chi connectivity index (χ4v) is 2.17. The van der Waals surface area contributed by atoms with Crippen molar-refractivity contribution in [2.75, 3.05) is 0 Å². The van der Waals surface area contributed by atoms with E-state index in [4.69, 9.17) is 0 Å². The second-order valence-corrected chi connectivity index (χ2v) is 5.29. The molecule has 0 N–H and O–H groups in total. The summed E-state index contributed by atoms with van der Waals surface area (Å²) in [6, 6.07) is 7.11. The van der Waals surface area contributed by atoms with Crippen LogP contribution in [0, 0.1) is 11.6 Å². The van der Waals surface area contributed by atoms with Crippen LogP contribution in [0.5, 0.6) is 0 Å². The first-order valence-electron chi connectivity index (χ1n) is 5.35. The Morgan fingerprint density at radius 1 is 1.00 bits per heavy atom. The standard InChI is InChI=1S/C13H8F2O4S.K/c14-10-3-1-2-8(6-10)13(16)9-4-5-12(11(15)7-9)20(17,18)19;/h1-7H,(H,17,18,19);/q;+1/p-1. The monoisotopic (exact) mass is 336 g/mol. The average Bonchev–Trinajstić information content (AvgIpc) is 2.36. The van der Waals surface area contributed by atoms with Crippen molar-refractivity contribution in [3.8, 4) is 0 Å². The van der Waals surface area contributed by atoms with Gasteiger partial charge in [0.1, 0.15) is 21.8 Å². The van der Waals surface area contributed by atoms with E-state index in [0.29, 0.717) is 12.1 Å². The first kappa shape index (κ1) is 18.6. The van der Waals surface area contributed by atoms with Crippen molar-refractivity contribution in [1.82, 2.24) is 0 Å². The van der Waals surface area contributed by atoms with Crippen LogP contribution in [-0.2, 0) is 10.1 Å². The van der Waals surface area contributed by atoms with Crippen LogP contribution in [0.25, 0.3) is 0 Å². The normalized spacial score (nSPS) is 10.8. The quantitative estimate of drug-likeness (QED) is 0.414. The Kier molecular flexibility index (Phi) is 6.35. The molecule has 0 atom stereocenters. The maximum absolute atomic E-state index is 13.5. The number of rotatable bonds is 3. The van der Waals surface area contributed by atoms with Gasteiger partial charge < -0.3 is 4.55 Å². The zero-order valence-corrected chi connectivity index (χ0v) is 14.8. The van der Waals surface area contributed by atoms with Crippen LogP contribution < -0.4 is 51.4 Å². The maximum atomic E-state index is 13.5. The fourth-order valence-electron chi connectivity index (χ4n) is 1.64. The van der Waals surface area contributed by atoms with Crippen molar-refractivity contribution < 1.29 is 77.9 Å². The predicted octanol–water partition coefficient (Wildman–Crippen LogP) is -0.896. The largest absolute Gasteiger partial charge is 1.00 e. The van der Waals surface area contributed by atoms with Crippen LogP contribution >= 0.6 is 0 Å². The molecule has 0 aliphatic rings. The van der Waals surface area contributed by atoms with E-state index in [-0.39, 0.29) is 62.5 Å². The van der Waals surface area contributed by atoms with Gasteiger partial charge in [-0.05, 0) is 30.3 Å². The van der Waals surface area contributed by atoms with Gasteiger partial charge in [0.15, 0.2) is 5.78 Å². The van der Waals surface area contributed by atoms with Gasteiger partial charge in [0.25, 0.3) is 0 Å². The third-order valence-electron chi connectivity index (χ3n) is 2.55. The predicted molar refractivity (Wildman–Crippen MR) is 64.2 cm³/mol. The molecular weight excluding hydrogens is 329 g/mol. The topological polar surface area (TPSA) is 74.3 Å². The molecule has 2 aromatic carbocycles. The molecule has 0 fully saturated rings. The summed E-state index contributed by atoms with van der Waals surface area (Å²) >= 11 is 0. The van der Waals surface area contributed by atoms with Crippen LogP contribution in [0.2, 0.25) is 0 Å². The van der Waals surface area contributed by atoms with Crippen LogP contribution in [0.4, 0.5) is 8.78 Å². The van der Waals surface area contributed by atoms with Crippen molar-refractivity contribution >= 4 is 15.9 Å². The summed E-state index contributed by atoms with van der Waals surface area (Å²) in [6.07, 6.45) is 0. The Bertz CT molecular complexity index is 791. The van der Waals surface area contributed by atoms with E-state index in [1.807, 2.05) is 0 Å². The minimum atomic E-state index is -4.94. The molecule has 0 saturated carbocycles. The van der Waals surface area contributed by atoms with Gasteiger partial charge in [-0.25, -0.2) is 17.2 Å². The van der Waals surface area contributed by atoms with Crippen LogP contribution in [0.3, 0.4) is 0 Å². The van der Waals surface area contributed by atoms with E-state index in [1.165, 1.54) is 12.1 Å². The van der Waals surface area contributed by atoms with Crippen molar-refractivity contribution in [3.05, 3.63) is 65.2 Å². The molecule has 104 valence electrons. The summed E-state index contributed by atoms with van der Waals surface area (Å²) in [5.74, 6) is -2.63. The molecule has 2 rings (SSSR count). The number of carbonyl (C=O) groups excluding carboxylic acids is 1. The molecule has 0 saturated heterocycles. The molecule has 0 unspecified atom stereocenters. The molecule has 0 aliphatic heterocycles. The molecule has 0 amide bonds. The summed E-state index contributed by atoms with van der Waals surface area (Å²) in [5.41, 5.74) is -0.192. The molecular formula is C13H7F2KO4S. The van der Waals surface area contributed by atoms with Gasteiger partial charge in [0, 0.05) is 11.1 Å². The number of ketones is 1. The molecule has 0 aromatic heterocycles. The van der Waals surface area contributed by atoms with Crippen LogP contribution in [-0.4, -0.2) is 18.8 Å². The van der Waals surface area contributed by atoms with Crippen molar-refractivity contribution in [1.29, 1.82) is 0 Å². The molecule has 8 heteroatoms. The van der Waals surface area contributed by atoms with Crippen molar-refractivity contribution in [2.24, 2.45) is 0 Å².